The number of hydrogen-bond donors (Lipinski definition) is 1. The van der Waals surface area contributed by atoms with Crippen molar-refractivity contribution in [3.8, 4) is 0 Å². The molecule has 0 aliphatic rings. The molecule has 0 spiro atoms. The molecule has 2 rings (SSSR count). The first kappa shape index (κ1) is 28.9. The number of benzene rings is 2. The normalized spacial score (nSPS) is 12.7. The van der Waals surface area contributed by atoms with Crippen LogP contribution in [0.5, 0.6) is 0 Å². The van der Waals surface area contributed by atoms with E-state index in [0.29, 0.717) is 22.5 Å². The minimum Gasteiger partial charge on any atom is -0.355 e. The van der Waals surface area contributed by atoms with Crippen LogP contribution in [0.1, 0.15) is 25.0 Å². The molecule has 0 aromatic heterocycles. The van der Waals surface area contributed by atoms with Crippen LogP contribution in [-0.4, -0.2) is 50.5 Å². The number of sulfonamides is 1. The number of nitrogens with one attached hydrogen (secondary N) is 1. The maximum Gasteiger partial charge on any atom is 0.417 e. The zero-order chi connectivity index (χ0) is 26.6. The molecule has 192 valence electrons. The van der Waals surface area contributed by atoms with E-state index in [4.69, 9.17) is 11.6 Å². The van der Waals surface area contributed by atoms with E-state index in [0.717, 1.165) is 22.9 Å². The standard InChI is InChI=1S/C22H24BrClF3N3O4S/c1-4-28-21(32)14(2)29(12-15-5-7-16(23)8-6-15)20(31)13-30(35(3,33)34)17-9-10-19(24)18(11-17)22(25,26)27/h5-11,14H,4,12-13H2,1-3H3,(H,28,32)/t14-/m1/s1. The summed E-state index contributed by atoms with van der Waals surface area (Å²) in [6.07, 6.45) is -4.06. The fraction of sp³-hybridized carbons (Fsp3) is 0.364. The summed E-state index contributed by atoms with van der Waals surface area (Å²) in [6.45, 7) is 2.64. The Kier molecular flexibility index (Phi) is 9.60. The molecule has 1 N–H and O–H groups in total. The van der Waals surface area contributed by atoms with Crippen molar-refractivity contribution in [2.75, 3.05) is 23.7 Å². The van der Waals surface area contributed by atoms with Crippen LogP contribution in [0.2, 0.25) is 5.02 Å². The van der Waals surface area contributed by atoms with Crippen LogP contribution in [-0.2, 0) is 32.3 Å². The number of carbonyl (C=O) groups is 2. The first-order valence-electron chi connectivity index (χ1n) is 10.3. The van der Waals surface area contributed by atoms with Crippen molar-refractivity contribution >= 4 is 55.1 Å². The van der Waals surface area contributed by atoms with Gasteiger partial charge in [-0.05, 0) is 49.7 Å². The van der Waals surface area contributed by atoms with Crippen LogP contribution >= 0.6 is 27.5 Å². The van der Waals surface area contributed by atoms with E-state index < -0.39 is 51.2 Å². The van der Waals surface area contributed by atoms with Gasteiger partial charge in [-0.3, -0.25) is 13.9 Å². The lowest BCUT2D eigenvalue weighted by atomic mass is 10.1. The third kappa shape index (κ3) is 7.84. The fourth-order valence-electron chi connectivity index (χ4n) is 3.19. The van der Waals surface area contributed by atoms with Gasteiger partial charge in [0, 0.05) is 17.6 Å². The molecule has 0 aliphatic heterocycles. The summed E-state index contributed by atoms with van der Waals surface area (Å²) in [5, 5.41) is 2.00. The number of likely N-dealkylation sites (N-methyl/N-ethyl adjacent to an activating group) is 1. The summed E-state index contributed by atoms with van der Waals surface area (Å²) in [5.41, 5.74) is -0.957. The zero-order valence-corrected chi connectivity index (χ0v) is 22.2. The minimum atomic E-state index is -4.83. The fourth-order valence-corrected chi connectivity index (χ4v) is 4.52. The summed E-state index contributed by atoms with van der Waals surface area (Å²) in [7, 11) is -4.19. The quantitative estimate of drug-likeness (QED) is 0.463. The second-order valence-corrected chi connectivity index (χ2v) is 10.9. The monoisotopic (exact) mass is 597 g/mol. The maximum atomic E-state index is 13.3. The lowest BCUT2D eigenvalue weighted by Gasteiger charge is -2.31. The van der Waals surface area contributed by atoms with Crippen molar-refractivity contribution in [3.05, 3.63) is 63.1 Å². The van der Waals surface area contributed by atoms with Crippen molar-refractivity contribution < 1.29 is 31.2 Å². The van der Waals surface area contributed by atoms with E-state index in [1.54, 1.807) is 31.2 Å². The molecule has 0 unspecified atom stereocenters. The van der Waals surface area contributed by atoms with Gasteiger partial charge < -0.3 is 10.2 Å². The Morgan fingerprint density at radius 2 is 1.74 bits per heavy atom. The average molecular weight is 599 g/mol. The van der Waals surface area contributed by atoms with E-state index in [2.05, 4.69) is 21.2 Å². The number of hydrogen-bond acceptors (Lipinski definition) is 4. The summed E-state index contributed by atoms with van der Waals surface area (Å²) >= 11 is 8.96. The van der Waals surface area contributed by atoms with Crippen molar-refractivity contribution in [1.29, 1.82) is 0 Å². The number of carbonyl (C=O) groups excluding carboxylic acids is 2. The Labute approximate surface area is 215 Å². The summed E-state index contributed by atoms with van der Waals surface area (Å²) in [6, 6.07) is 8.51. The zero-order valence-electron chi connectivity index (χ0n) is 19.1. The SMILES string of the molecule is CCNC(=O)[C@@H](C)N(Cc1ccc(Br)cc1)C(=O)CN(c1ccc(Cl)c(C(F)(F)F)c1)S(C)(=O)=O. The second kappa shape index (κ2) is 11.6. The van der Waals surface area contributed by atoms with Crippen LogP contribution in [0.15, 0.2) is 46.9 Å². The highest BCUT2D eigenvalue weighted by atomic mass is 79.9. The highest BCUT2D eigenvalue weighted by molar-refractivity contribution is 9.10. The van der Waals surface area contributed by atoms with Gasteiger partial charge in [0.2, 0.25) is 21.8 Å². The number of halogens is 5. The molecule has 13 heteroatoms. The van der Waals surface area contributed by atoms with Crippen LogP contribution < -0.4 is 9.62 Å². The van der Waals surface area contributed by atoms with Crippen LogP contribution in [0.4, 0.5) is 18.9 Å². The number of anilines is 1. The van der Waals surface area contributed by atoms with Gasteiger partial charge in [-0.15, -0.1) is 0 Å². The molecule has 7 nitrogen and oxygen atoms in total. The molecule has 2 amide bonds. The smallest absolute Gasteiger partial charge is 0.355 e. The average Bonchev–Trinajstić information content (AvgIpc) is 2.75. The van der Waals surface area contributed by atoms with Gasteiger partial charge >= 0.3 is 6.18 Å². The third-order valence-corrected chi connectivity index (χ3v) is 7.01. The van der Waals surface area contributed by atoms with E-state index >= 15 is 0 Å². The molecule has 0 saturated carbocycles. The van der Waals surface area contributed by atoms with Gasteiger partial charge in [-0.2, -0.15) is 13.2 Å². The summed E-state index contributed by atoms with van der Waals surface area (Å²) in [5.74, 6) is -1.24. The Bertz CT molecular complexity index is 1180. The second-order valence-electron chi connectivity index (χ2n) is 7.65. The van der Waals surface area contributed by atoms with Crippen molar-refractivity contribution in [2.45, 2.75) is 32.6 Å². The van der Waals surface area contributed by atoms with Crippen LogP contribution in [0.3, 0.4) is 0 Å². The molecule has 0 fully saturated rings. The van der Waals surface area contributed by atoms with Gasteiger partial charge in [0.05, 0.1) is 22.5 Å². The van der Waals surface area contributed by atoms with Crippen molar-refractivity contribution in [1.82, 2.24) is 10.2 Å². The van der Waals surface area contributed by atoms with Gasteiger partial charge in [-0.25, -0.2) is 8.42 Å². The lowest BCUT2D eigenvalue weighted by Crippen LogP contribution is -2.51. The van der Waals surface area contributed by atoms with Crippen LogP contribution in [0.25, 0.3) is 0 Å². The third-order valence-electron chi connectivity index (χ3n) is 5.01. The predicted molar refractivity (Wildman–Crippen MR) is 131 cm³/mol. The molecule has 0 bridgehead atoms. The minimum absolute atomic E-state index is 0.0313. The molecule has 0 heterocycles. The Hall–Kier alpha value is -2.31. The molecule has 0 aliphatic carbocycles. The molecular weight excluding hydrogens is 575 g/mol. The van der Waals surface area contributed by atoms with Crippen molar-refractivity contribution in [3.63, 3.8) is 0 Å². The van der Waals surface area contributed by atoms with E-state index in [1.807, 2.05) is 0 Å². The highest BCUT2D eigenvalue weighted by Crippen LogP contribution is 2.37. The predicted octanol–water partition coefficient (Wildman–Crippen LogP) is 4.44. The molecule has 0 saturated heterocycles. The Morgan fingerprint density at radius 1 is 1.14 bits per heavy atom. The number of alkyl halides is 3. The maximum absolute atomic E-state index is 13.3. The highest BCUT2D eigenvalue weighted by Gasteiger charge is 2.35. The van der Waals surface area contributed by atoms with E-state index in [-0.39, 0.29) is 12.2 Å². The van der Waals surface area contributed by atoms with Gasteiger partial charge in [0.15, 0.2) is 0 Å². The number of rotatable bonds is 9. The van der Waals surface area contributed by atoms with Crippen molar-refractivity contribution in [2.24, 2.45) is 0 Å². The molecular formula is C22H24BrClF3N3O4S. The van der Waals surface area contributed by atoms with Gasteiger partial charge in [-0.1, -0.05) is 39.7 Å². The molecule has 0 radical (unpaired) electrons. The number of amides is 2. The number of nitrogens with zero attached hydrogens (tertiary/aromatic N) is 2. The van der Waals surface area contributed by atoms with Gasteiger partial charge in [0.1, 0.15) is 12.6 Å². The van der Waals surface area contributed by atoms with E-state index in [9.17, 15) is 31.2 Å². The first-order valence-corrected chi connectivity index (χ1v) is 13.3. The van der Waals surface area contributed by atoms with Gasteiger partial charge in [0.25, 0.3) is 0 Å². The Balaban J connectivity index is 2.46. The van der Waals surface area contributed by atoms with E-state index in [1.165, 1.54) is 11.8 Å². The topological polar surface area (TPSA) is 86.8 Å². The van der Waals surface area contributed by atoms with Crippen LogP contribution in [0, 0.1) is 0 Å². The lowest BCUT2D eigenvalue weighted by molar-refractivity contribution is -0.139. The first-order chi connectivity index (χ1) is 16.1. The summed E-state index contributed by atoms with van der Waals surface area (Å²) < 4.78 is 66.4. The molecule has 2 aromatic carbocycles. The molecule has 2 aromatic rings. The Morgan fingerprint density at radius 3 is 2.26 bits per heavy atom. The molecule has 35 heavy (non-hydrogen) atoms. The molecule has 1 atom stereocenters. The largest absolute Gasteiger partial charge is 0.417 e. The summed E-state index contributed by atoms with van der Waals surface area (Å²) in [4.78, 5) is 27.0.